The fraction of sp³-hybridized carbons (Fsp3) is 0.692. The van der Waals surface area contributed by atoms with E-state index < -0.39 is 0 Å². The van der Waals surface area contributed by atoms with Gasteiger partial charge in [-0.3, -0.25) is 4.79 Å². The molecule has 1 fully saturated rings. The Labute approximate surface area is 107 Å². The van der Waals surface area contributed by atoms with Crippen LogP contribution in [0.15, 0.2) is 0 Å². The number of hydrogen-bond acceptors (Lipinski definition) is 4. The minimum Gasteiger partial charge on any atom is -0.356 e. The molecule has 1 N–H and O–H groups in total. The maximum Gasteiger partial charge on any atom is 0.203 e. The number of rotatable bonds is 2. The molecule has 1 saturated heterocycles. The monoisotopic (exact) mass is 248 g/mol. The van der Waals surface area contributed by atoms with Gasteiger partial charge in [-0.2, -0.15) is 0 Å². The molecule has 0 atom stereocenters. The number of aldehydes is 1. The average Bonchev–Trinajstić information content (AvgIpc) is 2.78. The van der Waals surface area contributed by atoms with Crippen LogP contribution >= 0.6 is 0 Å². The highest BCUT2D eigenvalue weighted by molar-refractivity contribution is 5.76. The van der Waals surface area contributed by atoms with Crippen LogP contribution in [-0.4, -0.2) is 47.4 Å². The highest BCUT2D eigenvalue weighted by Crippen LogP contribution is 2.31. The Balaban J connectivity index is 1.91. The number of nitrogens with one attached hydrogen (secondary N) is 1. The lowest BCUT2D eigenvalue weighted by Gasteiger charge is -2.28. The zero-order valence-electron chi connectivity index (χ0n) is 10.9. The second-order valence-corrected chi connectivity index (χ2v) is 5.33. The summed E-state index contributed by atoms with van der Waals surface area (Å²) in [5, 5.41) is 3.29. The maximum absolute atomic E-state index is 11.4. The highest BCUT2D eigenvalue weighted by Gasteiger charge is 2.27. The molecular weight excluding hydrogens is 228 g/mol. The molecule has 5 nitrogen and oxygen atoms in total. The third-order valence-corrected chi connectivity index (χ3v) is 4.09. The van der Waals surface area contributed by atoms with Crippen LogP contribution in [0.25, 0.3) is 0 Å². The first-order valence-corrected chi connectivity index (χ1v) is 6.77. The van der Waals surface area contributed by atoms with E-state index in [0.717, 1.165) is 69.1 Å². The van der Waals surface area contributed by atoms with Crippen molar-refractivity contribution >= 4 is 12.2 Å². The SMILES string of the molecule is CN1CCC(c2nc3n(c2C=O)CCCN3)CC1. The van der Waals surface area contributed by atoms with E-state index in [9.17, 15) is 4.79 Å². The molecule has 0 aliphatic carbocycles. The molecule has 98 valence electrons. The van der Waals surface area contributed by atoms with Crippen molar-refractivity contribution in [3.63, 3.8) is 0 Å². The van der Waals surface area contributed by atoms with Crippen molar-refractivity contribution in [2.24, 2.45) is 0 Å². The Morgan fingerprint density at radius 3 is 2.83 bits per heavy atom. The molecule has 0 amide bonds. The number of anilines is 1. The van der Waals surface area contributed by atoms with Crippen LogP contribution < -0.4 is 5.32 Å². The molecule has 0 aromatic carbocycles. The molecule has 0 radical (unpaired) electrons. The molecule has 5 heteroatoms. The first-order valence-electron chi connectivity index (χ1n) is 6.77. The minimum absolute atomic E-state index is 0.446. The van der Waals surface area contributed by atoms with Gasteiger partial charge in [0.1, 0.15) is 5.69 Å². The summed E-state index contributed by atoms with van der Waals surface area (Å²) in [5.74, 6) is 1.33. The second-order valence-electron chi connectivity index (χ2n) is 5.33. The van der Waals surface area contributed by atoms with E-state index in [1.807, 2.05) is 4.57 Å². The molecule has 1 aromatic heterocycles. The number of piperidine rings is 1. The van der Waals surface area contributed by atoms with Crippen LogP contribution in [0.3, 0.4) is 0 Å². The van der Waals surface area contributed by atoms with Gasteiger partial charge in [0.15, 0.2) is 6.29 Å². The Morgan fingerprint density at radius 1 is 1.33 bits per heavy atom. The zero-order chi connectivity index (χ0) is 12.5. The normalized spacial score (nSPS) is 21.4. The van der Waals surface area contributed by atoms with E-state index in [0.29, 0.717) is 5.92 Å². The number of imidazole rings is 1. The van der Waals surface area contributed by atoms with Crippen molar-refractivity contribution in [3.05, 3.63) is 11.4 Å². The third kappa shape index (κ3) is 1.92. The Kier molecular flexibility index (Phi) is 3.07. The Bertz CT molecular complexity index is 446. The molecule has 3 rings (SSSR count). The Morgan fingerprint density at radius 2 is 2.11 bits per heavy atom. The van der Waals surface area contributed by atoms with Crippen LogP contribution in [0.1, 0.15) is 41.4 Å². The summed E-state index contributed by atoms with van der Waals surface area (Å²) in [6.45, 7) is 4.06. The first kappa shape index (κ1) is 11.7. The lowest BCUT2D eigenvalue weighted by molar-refractivity contribution is 0.111. The van der Waals surface area contributed by atoms with Gasteiger partial charge in [0.25, 0.3) is 0 Å². The van der Waals surface area contributed by atoms with E-state index in [-0.39, 0.29) is 0 Å². The molecule has 0 saturated carbocycles. The number of carbonyl (C=O) groups is 1. The van der Waals surface area contributed by atoms with E-state index in [2.05, 4.69) is 22.2 Å². The number of fused-ring (bicyclic) bond motifs is 1. The van der Waals surface area contributed by atoms with Crippen molar-refractivity contribution < 1.29 is 4.79 Å². The summed E-state index contributed by atoms with van der Waals surface area (Å²) >= 11 is 0. The summed E-state index contributed by atoms with van der Waals surface area (Å²) in [7, 11) is 2.15. The quantitative estimate of drug-likeness (QED) is 0.802. The Hall–Kier alpha value is -1.36. The van der Waals surface area contributed by atoms with Crippen molar-refractivity contribution in [1.82, 2.24) is 14.5 Å². The number of likely N-dealkylation sites (tertiary alicyclic amines) is 1. The van der Waals surface area contributed by atoms with Gasteiger partial charge in [-0.25, -0.2) is 4.98 Å². The lowest BCUT2D eigenvalue weighted by Crippen LogP contribution is -2.29. The first-order chi connectivity index (χ1) is 8.79. The van der Waals surface area contributed by atoms with Crippen LogP contribution in [0, 0.1) is 0 Å². The van der Waals surface area contributed by atoms with E-state index in [4.69, 9.17) is 0 Å². The summed E-state index contributed by atoms with van der Waals surface area (Å²) in [6, 6.07) is 0. The maximum atomic E-state index is 11.4. The zero-order valence-corrected chi connectivity index (χ0v) is 10.9. The molecule has 0 unspecified atom stereocenters. The van der Waals surface area contributed by atoms with Gasteiger partial charge in [0.2, 0.25) is 5.95 Å². The standard InChI is InChI=1S/C13H20N4O/c1-16-7-3-10(4-8-16)12-11(9-18)17-6-2-5-14-13(17)15-12/h9-10H,2-8H2,1H3,(H,14,15). The number of carbonyl (C=O) groups excluding carboxylic acids is 1. The summed E-state index contributed by atoms with van der Waals surface area (Å²) in [4.78, 5) is 18.4. The number of nitrogens with zero attached hydrogens (tertiary/aromatic N) is 3. The summed E-state index contributed by atoms with van der Waals surface area (Å²) < 4.78 is 2.05. The van der Waals surface area contributed by atoms with Crippen molar-refractivity contribution in [2.45, 2.75) is 31.7 Å². The molecule has 2 aliphatic heterocycles. The van der Waals surface area contributed by atoms with Gasteiger partial charge in [0.05, 0.1) is 5.69 Å². The van der Waals surface area contributed by atoms with Crippen molar-refractivity contribution in [3.8, 4) is 0 Å². The highest BCUT2D eigenvalue weighted by atomic mass is 16.1. The average molecular weight is 248 g/mol. The fourth-order valence-electron chi connectivity index (χ4n) is 2.99. The van der Waals surface area contributed by atoms with Crippen LogP contribution in [-0.2, 0) is 6.54 Å². The summed E-state index contributed by atoms with van der Waals surface area (Å²) in [6.07, 6.45) is 4.26. The lowest BCUT2D eigenvalue weighted by atomic mass is 9.93. The predicted octanol–water partition coefficient (Wildman–Crippen LogP) is 1.32. The van der Waals surface area contributed by atoms with Gasteiger partial charge in [0, 0.05) is 19.0 Å². The van der Waals surface area contributed by atoms with Gasteiger partial charge in [-0.15, -0.1) is 0 Å². The third-order valence-electron chi connectivity index (χ3n) is 4.09. The van der Waals surface area contributed by atoms with Crippen LogP contribution in [0.5, 0.6) is 0 Å². The molecule has 1 aromatic rings. The second kappa shape index (κ2) is 4.72. The fourth-order valence-corrected chi connectivity index (χ4v) is 2.99. The van der Waals surface area contributed by atoms with Crippen LogP contribution in [0.4, 0.5) is 5.95 Å². The predicted molar refractivity (Wildman–Crippen MR) is 70.2 cm³/mol. The molecular formula is C13H20N4O. The number of aromatic nitrogens is 2. The van der Waals surface area contributed by atoms with E-state index >= 15 is 0 Å². The van der Waals surface area contributed by atoms with Gasteiger partial charge >= 0.3 is 0 Å². The molecule has 0 bridgehead atoms. The molecule has 0 spiro atoms. The molecule has 18 heavy (non-hydrogen) atoms. The largest absolute Gasteiger partial charge is 0.356 e. The topological polar surface area (TPSA) is 50.2 Å². The minimum atomic E-state index is 0.446. The van der Waals surface area contributed by atoms with Gasteiger partial charge in [-0.05, 0) is 39.4 Å². The van der Waals surface area contributed by atoms with Gasteiger partial charge in [-0.1, -0.05) is 0 Å². The van der Waals surface area contributed by atoms with Crippen molar-refractivity contribution in [1.29, 1.82) is 0 Å². The number of hydrogen-bond donors (Lipinski definition) is 1. The van der Waals surface area contributed by atoms with Gasteiger partial charge < -0.3 is 14.8 Å². The molecule has 2 aliphatic rings. The van der Waals surface area contributed by atoms with E-state index in [1.165, 1.54) is 0 Å². The van der Waals surface area contributed by atoms with Crippen LogP contribution in [0.2, 0.25) is 0 Å². The smallest absolute Gasteiger partial charge is 0.203 e. The summed E-state index contributed by atoms with van der Waals surface area (Å²) in [5.41, 5.74) is 1.81. The van der Waals surface area contributed by atoms with E-state index in [1.54, 1.807) is 0 Å². The molecule has 3 heterocycles. The van der Waals surface area contributed by atoms with Crippen molar-refractivity contribution in [2.75, 3.05) is 32.0 Å².